The van der Waals surface area contributed by atoms with E-state index in [4.69, 9.17) is 5.73 Å². The lowest BCUT2D eigenvalue weighted by Crippen LogP contribution is -2.53. The molecule has 0 radical (unpaired) electrons. The fraction of sp³-hybridized carbons (Fsp3) is 0.923. The van der Waals surface area contributed by atoms with Crippen molar-refractivity contribution in [3.8, 4) is 0 Å². The minimum absolute atomic E-state index is 0. The summed E-state index contributed by atoms with van der Waals surface area (Å²) in [5.41, 5.74) is 6.19. The van der Waals surface area contributed by atoms with Crippen LogP contribution in [0.4, 0.5) is 0 Å². The van der Waals surface area contributed by atoms with Gasteiger partial charge in [0.25, 0.3) is 0 Å². The van der Waals surface area contributed by atoms with E-state index in [0.717, 1.165) is 50.6 Å². The van der Waals surface area contributed by atoms with Gasteiger partial charge in [0.05, 0.1) is 5.54 Å². The summed E-state index contributed by atoms with van der Waals surface area (Å²) in [6.45, 7) is 6.54. The van der Waals surface area contributed by atoms with E-state index in [1.807, 2.05) is 4.90 Å². The van der Waals surface area contributed by atoms with E-state index in [9.17, 15) is 4.79 Å². The van der Waals surface area contributed by atoms with Crippen molar-refractivity contribution < 1.29 is 4.79 Å². The van der Waals surface area contributed by atoms with Crippen LogP contribution in [-0.4, -0.2) is 29.4 Å². The predicted octanol–water partition coefficient (Wildman–Crippen LogP) is 1.79. The van der Waals surface area contributed by atoms with Gasteiger partial charge in [0.2, 0.25) is 5.91 Å². The Morgan fingerprint density at radius 3 is 2.12 bits per heavy atom. The molecule has 0 aromatic rings. The average molecular weight is 259 g/mol. The second-order valence-electron chi connectivity index (χ2n) is 6.61. The molecular formula is C13H23ClN2O. The van der Waals surface area contributed by atoms with Crippen molar-refractivity contribution in [2.24, 2.45) is 23.0 Å². The number of fused-ring (bicyclic) bond motifs is 1. The Balaban J connectivity index is 0.00000108. The maximum Gasteiger partial charge on any atom is 0.242 e. The Labute approximate surface area is 110 Å². The smallest absolute Gasteiger partial charge is 0.242 e. The molecule has 2 N–H and O–H groups in total. The summed E-state index contributed by atoms with van der Waals surface area (Å²) in [5, 5.41) is 0. The lowest BCUT2D eigenvalue weighted by Gasteiger charge is -2.31. The van der Waals surface area contributed by atoms with Gasteiger partial charge < -0.3 is 10.6 Å². The lowest BCUT2D eigenvalue weighted by atomic mass is 9.96. The van der Waals surface area contributed by atoms with Crippen molar-refractivity contribution in [1.29, 1.82) is 0 Å². The van der Waals surface area contributed by atoms with E-state index < -0.39 is 5.54 Å². The highest BCUT2D eigenvalue weighted by molar-refractivity contribution is 5.87. The molecule has 1 amide bonds. The molecule has 2 atom stereocenters. The largest absolute Gasteiger partial charge is 0.340 e. The molecule has 3 fully saturated rings. The Hall–Kier alpha value is -0.280. The molecule has 0 aromatic heterocycles. The standard InChI is InChI=1S/C13H22N2O.ClH/c1-12(2)9-7-15(8-10(9)12)11(16)13(14)5-3-4-6-13;/h9-10H,3-8,14H2,1-2H3;1H. The molecule has 1 saturated heterocycles. The van der Waals surface area contributed by atoms with Crippen molar-refractivity contribution >= 4 is 18.3 Å². The van der Waals surface area contributed by atoms with Gasteiger partial charge >= 0.3 is 0 Å². The molecule has 0 aromatic carbocycles. The molecule has 3 aliphatic rings. The zero-order valence-electron chi connectivity index (χ0n) is 10.7. The SMILES string of the molecule is CC1(C)C2CN(C(=O)C3(N)CCCC3)CC21.Cl. The van der Waals surface area contributed by atoms with Crippen LogP contribution >= 0.6 is 12.4 Å². The number of halogens is 1. The summed E-state index contributed by atoms with van der Waals surface area (Å²) >= 11 is 0. The second-order valence-corrected chi connectivity index (χ2v) is 6.61. The minimum Gasteiger partial charge on any atom is -0.340 e. The fourth-order valence-corrected chi connectivity index (χ4v) is 3.83. The Morgan fingerprint density at radius 1 is 1.18 bits per heavy atom. The van der Waals surface area contributed by atoms with Gasteiger partial charge in [0.1, 0.15) is 0 Å². The van der Waals surface area contributed by atoms with Gasteiger partial charge in [-0.15, -0.1) is 12.4 Å². The fourth-order valence-electron chi connectivity index (χ4n) is 3.83. The second kappa shape index (κ2) is 3.86. The van der Waals surface area contributed by atoms with E-state index >= 15 is 0 Å². The number of likely N-dealkylation sites (tertiary alicyclic amines) is 1. The van der Waals surface area contributed by atoms with Gasteiger partial charge in [-0.2, -0.15) is 0 Å². The third kappa shape index (κ3) is 1.78. The van der Waals surface area contributed by atoms with Crippen molar-refractivity contribution in [2.75, 3.05) is 13.1 Å². The number of carbonyl (C=O) groups is 1. The van der Waals surface area contributed by atoms with Crippen molar-refractivity contribution in [1.82, 2.24) is 4.90 Å². The normalized spacial score (nSPS) is 36.3. The molecule has 0 bridgehead atoms. The molecule has 1 aliphatic heterocycles. The number of nitrogens with zero attached hydrogens (tertiary/aromatic N) is 1. The molecule has 2 saturated carbocycles. The molecular weight excluding hydrogens is 236 g/mol. The van der Waals surface area contributed by atoms with Gasteiger partial charge in [0, 0.05) is 13.1 Å². The van der Waals surface area contributed by atoms with Crippen LogP contribution in [0.3, 0.4) is 0 Å². The van der Waals surface area contributed by atoms with Gasteiger partial charge in [-0.1, -0.05) is 26.7 Å². The molecule has 3 nitrogen and oxygen atoms in total. The first kappa shape index (κ1) is 13.2. The number of hydrogen-bond acceptors (Lipinski definition) is 2. The van der Waals surface area contributed by atoms with Gasteiger partial charge in [-0.05, 0) is 30.1 Å². The van der Waals surface area contributed by atoms with Gasteiger partial charge in [0.15, 0.2) is 0 Å². The van der Waals surface area contributed by atoms with Crippen LogP contribution in [0.1, 0.15) is 39.5 Å². The monoisotopic (exact) mass is 258 g/mol. The highest BCUT2D eigenvalue weighted by atomic mass is 35.5. The van der Waals surface area contributed by atoms with Crippen LogP contribution < -0.4 is 5.73 Å². The Bertz CT molecular complexity index is 322. The summed E-state index contributed by atoms with van der Waals surface area (Å²) in [4.78, 5) is 14.4. The summed E-state index contributed by atoms with van der Waals surface area (Å²) in [5.74, 6) is 1.70. The number of rotatable bonds is 1. The maximum absolute atomic E-state index is 12.3. The average Bonchev–Trinajstić information content (AvgIpc) is 2.73. The summed E-state index contributed by atoms with van der Waals surface area (Å²) in [6, 6.07) is 0. The zero-order chi connectivity index (χ0) is 11.6. The Kier molecular flexibility index (Phi) is 2.98. The number of amides is 1. The van der Waals surface area contributed by atoms with Crippen LogP contribution in [0.25, 0.3) is 0 Å². The van der Waals surface area contributed by atoms with Gasteiger partial charge in [-0.3, -0.25) is 4.79 Å². The molecule has 2 unspecified atom stereocenters. The molecule has 17 heavy (non-hydrogen) atoms. The van der Waals surface area contributed by atoms with Crippen molar-refractivity contribution in [3.63, 3.8) is 0 Å². The summed E-state index contributed by atoms with van der Waals surface area (Å²) in [6.07, 6.45) is 4.02. The molecule has 3 rings (SSSR count). The molecule has 2 aliphatic carbocycles. The van der Waals surface area contributed by atoms with Crippen LogP contribution in [0.2, 0.25) is 0 Å². The lowest BCUT2D eigenvalue weighted by molar-refractivity contribution is -0.136. The topological polar surface area (TPSA) is 46.3 Å². The minimum atomic E-state index is -0.513. The summed E-state index contributed by atoms with van der Waals surface area (Å²) < 4.78 is 0. The molecule has 1 heterocycles. The number of carbonyl (C=O) groups excluding carboxylic acids is 1. The Morgan fingerprint density at radius 2 is 1.65 bits per heavy atom. The van der Waals surface area contributed by atoms with Crippen LogP contribution in [0, 0.1) is 17.3 Å². The highest BCUT2D eigenvalue weighted by Gasteiger charge is 2.63. The molecule has 98 valence electrons. The van der Waals surface area contributed by atoms with E-state index in [1.54, 1.807) is 0 Å². The third-order valence-electron chi connectivity index (χ3n) is 5.33. The van der Waals surface area contributed by atoms with Crippen LogP contribution in [0.5, 0.6) is 0 Å². The van der Waals surface area contributed by atoms with E-state index in [2.05, 4.69) is 13.8 Å². The number of nitrogens with two attached hydrogens (primary N) is 1. The van der Waals surface area contributed by atoms with Crippen molar-refractivity contribution in [2.45, 2.75) is 45.1 Å². The first-order chi connectivity index (χ1) is 7.45. The zero-order valence-corrected chi connectivity index (χ0v) is 11.6. The van der Waals surface area contributed by atoms with E-state index in [0.29, 0.717) is 5.41 Å². The van der Waals surface area contributed by atoms with E-state index in [-0.39, 0.29) is 18.3 Å². The predicted molar refractivity (Wildman–Crippen MR) is 70.0 cm³/mol. The van der Waals surface area contributed by atoms with Crippen LogP contribution in [0.15, 0.2) is 0 Å². The summed E-state index contributed by atoms with van der Waals surface area (Å²) in [7, 11) is 0. The van der Waals surface area contributed by atoms with Gasteiger partial charge in [-0.25, -0.2) is 0 Å². The molecule has 0 spiro atoms. The van der Waals surface area contributed by atoms with Crippen LogP contribution in [-0.2, 0) is 4.79 Å². The first-order valence-corrected chi connectivity index (χ1v) is 6.53. The molecule has 4 heteroatoms. The third-order valence-corrected chi connectivity index (χ3v) is 5.33. The highest BCUT2D eigenvalue weighted by Crippen LogP contribution is 2.62. The number of piperidine rings is 1. The first-order valence-electron chi connectivity index (χ1n) is 6.53. The van der Waals surface area contributed by atoms with Crippen molar-refractivity contribution in [3.05, 3.63) is 0 Å². The quantitative estimate of drug-likeness (QED) is 0.780. The maximum atomic E-state index is 12.3. The number of hydrogen-bond donors (Lipinski definition) is 1. The van der Waals surface area contributed by atoms with E-state index in [1.165, 1.54) is 0 Å².